The fraction of sp³-hybridized carbons (Fsp3) is 0.143. The molecule has 0 aliphatic heterocycles. The molecule has 2 nitrogen and oxygen atoms in total. The minimum Gasteiger partial charge on any atom is -0.497 e. The van der Waals surface area contributed by atoms with Crippen LogP contribution in [0.3, 0.4) is 0 Å². The van der Waals surface area contributed by atoms with Gasteiger partial charge in [-0.2, -0.15) is 0 Å². The van der Waals surface area contributed by atoms with E-state index in [9.17, 15) is 0 Å². The highest BCUT2D eigenvalue weighted by molar-refractivity contribution is 7.99. The van der Waals surface area contributed by atoms with Gasteiger partial charge < -0.3 is 10.5 Å². The average Bonchev–Trinajstić information content (AvgIpc) is 2.36. The van der Waals surface area contributed by atoms with E-state index in [1.165, 1.54) is 9.79 Å². The van der Waals surface area contributed by atoms with Crippen LogP contribution in [0.1, 0.15) is 5.56 Å². The van der Waals surface area contributed by atoms with Gasteiger partial charge in [-0.25, -0.2) is 0 Å². The van der Waals surface area contributed by atoms with Gasteiger partial charge in [0, 0.05) is 15.5 Å². The number of benzene rings is 2. The Morgan fingerprint density at radius 2 is 1.76 bits per heavy atom. The van der Waals surface area contributed by atoms with Crippen LogP contribution in [-0.2, 0) is 0 Å². The molecule has 2 aromatic carbocycles. The van der Waals surface area contributed by atoms with E-state index in [2.05, 4.69) is 6.07 Å². The van der Waals surface area contributed by atoms with Gasteiger partial charge >= 0.3 is 0 Å². The summed E-state index contributed by atoms with van der Waals surface area (Å²) < 4.78 is 5.13. The highest BCUT2D eigenvalue weighted by Crippen LogP contribution is 2.33. The maximum Gasteiger partial charge on any atom is 0.118 e. The lowest BCUT2D eigenvalue weighted by Gasteiger charge is -2.08. The molecule has 0 saturated carbocycles. The van der Waals surface area contributed by atoms with Gasteiger partial charge in [-0.15, -0.1) is 0 Å². The van der Waals surface area contributed by atoms with E-state index in [-0.39, 0.29) is 0 Å². The van der Waals surface area contributed by atoms with E-state index in [1.807, 2.05) is 43.3 Å². The molecule has 0 aromatic heterocycles. The van der Waals surface area contributed by atoms with Gasteiger partial charge in [-0.3, -0.25) is 0 Å². The maximum absolute atomic E-state index is 5.89. The molecule has 2 N–H and O–H groups in total. The van der Waals surface area contributed by atoms with Crippen LogP contribution in [0.15, 0.2) is 52.3 Å². The topological polar surface area (TPSA) is 35.2 Å². The molecule has 0 fully saturated rings. The second-order valence-corrected chi connectivity index (χ2v) is 4.86. The van der Waals surface area contributed by atoms with Crippen molar-refractivity contribution in [1.29, 1.82) is 0 Å². The Balaban J connectivity index is 2.22. The Labute approximate surface area is 106 Å². The summed E-state index contributed by atoms with van der Waals surface area (Å²) in [4.78, 5) is 2.37. The molecule has 0 bridgehead atoms. The summed E-state index contributed by atoms with van der Waals surface area (Å²) in [5, 5.41) is 0. The van der Waals surface area contributed by atoms with Crippen LogP contribution in [-0.4, -0.2) is 7.11 Å². The summed E-state index contributed by atoms with van der Waals surface area (Å²) in [5.41, 5.74) is 7.86. The lowest BCUT2D eigenvalue weighted by molar-refractivity contribution is 0.414. The molecule has 0 aliphatic rings. The maximum atomic E-state index is 5.89. The number of ether oxygens (including phenoxy) is 1. The highest BCUT2D eigenvalue weighted by atomic mass is 32.2. The molecule has 3 heteroatoms. The van der Waals surface area contributed by atoms with Crippen molar-refractivity contribution in [1.82, 2.24) is 0 Å². The number of hydrogen-bond donors (Lipinski definition) is 1. The zero-order chi connectivity index (χ0) is 12.3. The molecule has 0 unspecified atom stereocenters. The third-order valence-corrected chi connectivity index (χ3v) is 3.78. The lowest BCUT2D eigenvalue weighted by atomic mass is 10.2. The van der Waals surface area contributed by atoms with Gasteiger partial charge in [0.05, 0.1) is 7.11 Å². The molecule has 0 amide bonds. The summed E-state index contributed by atoms with van der Waals surface area (Å²) >= 11 is 1.71. The standard InChI is InChI=1S/C14H15NOS/c1-10-13(15)4-3-5-14(10)17-12-8-6-11(16-2)7-9-12/h3-9H,15H2,1-2H3. The van der Waals surface area contributed by atoms with Gasteiger partial charge in [-0.1, -0.05) is 17.8 Å². The first-order chi connectivity index (χ1) is 8.20. The van der Waals surface area contributed by atoms with Crippen molar-refractivity contribution in [3.05, 3.63) is 48.0 Å². The first kappa shape index (κ1) is 11.9. The number of nitrogen functional groups attached to an aromatic ring is 1. The molecular formula is C14H15NOS. The second-order valence-electron chi connectivity index (χ2n) is 3.75. The summed E-state index contributed by atoms with van der Waals surface area (Å²) in [6, 6.07) is 14.0. The van der Waals surface area contributed by atoms with E-state index in [0.29, 0.717) is 0 Å². The largest absolute Gasteiger partial charge is 0.497 e. The SMILES string of the molecule is COc1ccc(Sc2cccc(N)c2C)cc1. The summed E-state index contributed by atoms with van der Waals surface area (Å²) in [6.07, 6.45) is 0. The summed E-state index contributed by atoms with van der Waals surface area (Å²) in [5.74, 6) is 0.874. The predicted molar refractivity (Wildman–Crippen MR) is 72.7 cm³/mol. The van der Waals surface area contributed by atoms with Crippen molar-refractivity contribution in [3.63, 3.8) is 0 Å². The normalized spacial score (nSPS) is 10.2. The quantitative estimate of drug-likeness (QED) is 0.837. The van der Waals surface area contributed by atoms with E-state index >= 15 is 0 Å². The van der Waals surface area contributed by atoms with Crippen LogP contribution in [0, 0.1) is 6.92 Å². The number of nitrogens with two attached hydrogens (primary N) is 1. The van der Waals surface area contributed by atoms with Gasteiger partial charge in [0.2, 0.25) is 0 Å². The molecule has 17 heavy (non-hydrogen) atoms. The molecule has 0 atom stereocenters. The molecule has 2 aromatic rings. The molecule has 0 aliphatic carbocycles. The average molecular weight is 245 g/mol. The predicted octanol–water partition coefficient (Wildman–Crippen LogP) is 3.74. The van der Waals surface area contributed by atoms with Gasteiger partial charge in [-0.05, 0) is 48.9 Å². The van der Waals surface area contributed by atoms with Gasteiger partial charge in [0.1, 0.15) is 5.75 Å². The van der Waals surface area contributed by atoms with Crippen molar-refractivity contribution < 1.29 is 4.74 Å². The zero-order valence-corrected chi connectivity index (χ0v) is 10.8. The van der Waals surface area contributed by atoms with Crippen LogP contribution in [0.4, 0.5) is 5.69 Å². The highest BCUT2D eigenvalue weighted by Gasteiger charge is 2.03. The van der Waals surface area contributed by atoms with E-state index in [4.69, 9.17) is 10.5 Å². The van der Waals surface area contributed by atoms with Crippen molar-refractivity contribution in [2.75, 3.05) is 12.8 Å². The number of hydrogen-bond acceptors (Lipinski definition) is 3. The number of rotatable bonds is 3. The molecule has 0 radical (unpaired) electrons. The molecular weight excluding hydrogens is 230 g/mol. The molecule has 0 heterocycles. The number of methoxy groups -OCH3 is 1. The molecule has 88 valence electrons. The van der Waals surface area contributed by atoms with Crippen molar-refractivity contribution in [3.8, 4) is 5.75 Å². The fourth-order valence-corrected chi connectivity index (χ4v) is 2.46. The van der Waals surface area contributed by atoms with E-state index < -0.39 is 0 Å². The minimum atomic E-state index is 0.837. The van der Waals surface area contributed by atoms with Crippen LogP contribution < -0.4 is 10.5 Å². The Hall–Kier alpha value is -1.61. The summed E-state index contributed by atoms with van der Waals surface area (Å²) in [6.45, 7) is 2.04. The fourth-order valence-electron chi connectivity index (χ4n) is 1.51. The second kappa shape index (κ2) is 5.15. The third kappa shape index (κ3) is 2.74. The van der Waals surface area contributed by atoms with Crippen LogP contribution in [0.2, 0.25) is 0 Å². The Morgan fingerprint density at radius 3 is 2.41 bits per heavy atom. The van der Waals surface area contributed by atoms with Crippen molar-refractivity contribution in [2.24, 2.45) is 0 Å². The monoisotopic (exact) mass is 245 g/mol. The molecule has 0 saturated heterocycles. The first-order valence-corrected chi connectivity index (χ1v) is 6.19. The Kier molecular flexibility index (Phi) is 3.59. The van der Waals surface area contributed by atoms with Crippen LogP contribution in [0.5, 0.6) is 5.75 Å². The third-order valence-electron chi connectivity index (χ3n) is 2.61. The summed E-state index contributed by atoms with van der Waals surface area (Å²) in [7, 11) is 1.67. The van der Waals surface area contributed by atoms with Gasteiger partial charge in [0.25, 0.3) is 0 Å². The zero-order valence-electron chi connectivity index (χ0n) is 9.94. The van der Waals surface area contributed by atoms with Crippen LogP contribution in [0.25, 0.3) is 0 Å². The van der Waals surface area contributed by atoms with E-state index in [1.54, 1.807) is 18.9 Å². The lowest BCUT2D eigenvalue weighted by Crippen LogP contribution is -1.90. The minimum absolute atomic E-state index is 0.837. The molecule has 0 spiro atoms. The first-order valence-electron chi connectivity index (χ1n) is 5.37. The van der Waals surface area contributed by atoms with Crippen molar-refractivity contribution in [2.45, 2.75) is 16.7 Å². The van der Waals surface area contributed by atoms with Gasteiger partial charge in [0.15, 0.2) is 0 Å². The Morgan fingerprint density at radius 1 is 1.06 bits per heavy atom. The van der Waals surface area contributed by atoms with Crippen LogP contribution >= 0.6 is 11.8 Å². The number of anilines is 1. The Bertz CT molecular complexity index is 508. The van der Waals surface area contributed by atoms with Crippen molar-refractivity contribution >= 4 is 17.4 Å². The molecule has 2 rings (SSSR count). The smallest absolute Gasteiger partial charge is 0.118 e. The van der Waals surface area contributed by atoms with E-state index in [0.717, 1.165) is 17.0 Å².